The van der Waals surface area contributed by atoms with Gasteiger partial charge in [-0.25, -0.2) is 0 Å². The lowest BCUT2D eigenvalue weighted by Crippen LogP contribution is -2.28. The Balaban J connectivity index is 1.71. The molecule has 0 heterocycles. The van der Waals surface area contributed by atoms with E-state index in [2.05, 4.69) is 0 Å². The van der Waals surface area contributed by atoms with E-state index < -0.39 is 17.2 Å². The molecule has 1 saturated carbocycles. The van der Waals surface area contributed by atoms with Gasteiger partial charge in [-0.15, -0.1) is 0 Å². The molecule has 0 radical (unpaired) electrons. The highest BCUT2D eigenvalue weighted by Crippen LogP contribution is 2.55. The lowest BCUT2D eigenvalue weighted by atomic mass is 9.93. The van der Waals surface area contributed by atoms with Crippen LogP contribution in [0.3, 0.4) is 0 Å². The molecule has 25 heavy (non-hydrogen) atoms. The average molecular weight is 339 g/mol. The maximum absolute atomic E-state index is 12.1. The van der Waals surface area contributed by atoms with Gasteiger partial charge in [0.2, 0.25) is 5.91 Å². The van der Waals surface area contributed by atoms with Crippen LogP contribution in [0.5, 0.6) is 5.75 Å². The van der Waals surface area contributed by atoms with Crippen LogP contribution in [0.15, 0.2) is 54.6 Å². The van der Waals surface area contributed by atoms with E-state index in [1.165, 1.54) is 7.11 Å². The Bertz CT molecular complexity index is 774. The largest absolute Gasteiger partial charge is 0.489 e. The van der Waals surface area contributed by atoms with Gasteiger partial charge in [-0.05, 0) is 36.1 Å². The van der Waals surface area contributed by atoms with E-state index in [1.807, 2.05) is 54.6 Å². The maximum atomic E-state index is 12.1. The molecule has 0 unspecified atom stereocenters. The van der Waals surface area contributed by atoms with Gasteiger partial charge in [0.05, 0.1) is 18.4 Å². The second kappa shape index (κ2) is 6.97. The number of benzene rings is 2. The summed E-state index contributed by atoms with van der Waals surface area (Å²) in [5.41, 5.74) is 6.55. The molecule has 1 amide bonds. The third-order valence-electron chi connectivity index (χ3n) is 4.68. The molecule has 2 atom stereocenters. The Morgan fingerprint density at radius 3 is 2.48 bits per heavy atom. The fourth-order valence-corrected chi connectivity index (χ4v) is 3.23. The highest BCUT2D eigenvalue weighted by molar-refractivity contribution is 5.92. The number of esters is 1. The first-order valence-corrected chi connectivity index (χ1v) is 8.18. The molecule has 0 saturated heterocycles. The third kappa shape index (κ3) is 3.65. The van der Waals surface area contributed by atoms with Gasteiger partial charge < -0.3 is 15.2 Å². The first kappa shape index (κ1) is 17.0. The molecule has 5 nitrogen and oxygen atoms in total. The molecule has 2 aromatic carbocycles. The van der Waals surface area contributed by atoms with Crippen molar-refractivity contribution in [3.05, 3.63) is 65.7 Å². The summed E-state index contributed by atoms with van der Waals surface area (Å²) < 4.78 is 10.7. The maximum Gasteiger partial charge on any atom is 0.312 e. The topological polar surface area (TPSA) is 78.6 Å². The number of carbonyl (C=O) groups excluding carboxylic acids is 2. The van der Waals surface area contributed by atoms with Crippen LogP contribution in [-0.4, -0.2) is 19.0 Å². The van der Waals surface area contributed by atoms with E-state index in [0.29, 0.717) is 19.4 Å². The minimum atomic E-state index is -0.835. The van der Waals surface area contributed by atoms with Crippen LogP contribution in [0.2, 0.25) is 0 Å². The van der Waals surface area contributed by atoms with Gasteiger partial charge in [0, 0.05) is 0 Å². The van der Waals surface area contributed by atoms with Gasteiger partial charge >= 0.3 is 5.97 Å². The van der Waals surface area contributed by atoms with Crippen LogP contribution >= 0.6 is 0 Å². The van der Waals surface area contributed by atoms with Crippen LogP contribution in [0.1, 0.15) is 17.5 Å². The van der Waals surface area contributed by atoms with Gasteiger partial charge in [-0.1, -0.05) is 42.5 Å². The summed E-state index contributed by atoms with van der Waals surface area (Å²) in [5.74, 6) is -0.583. The third-order valence-corrected chi connectivity index (χ3v) is 4.68. The standard InChI is InChI=1S/C20H21NO4/c1-24-19(23)20(12-17(20)18(21)22)11-15-8-5-9-16(10-15)25-13-14-6-3-2-4-7-14/h2-10,17H,11-13H2,1H3,(H2,21,22)/t17-,20+/m1/s1. The summed E-state index contributed by atoms with van der Waals surface area (Å²) in [7, 11) is 1.33. The van der Waals surface area contributed by atoms with Crippen molar-refractivity contribution in [3.8, 4) is 5.75 Å². The summed E-state index contributed by atoms with van der Waals surface area (Å²) in [6, 6.07) is 17.4. The molecule has 0 spiro atoms. The first-order valence-electron chi connectivity index (χ1n) is 8.18. The van der Waals surface area contributed by atoms with Crippen molar-refractivity contribution in [2.45, 2.75) is 19.4 Å². The average Bonchev–Trinajstić information content (AvgIpc) is 3.36. The molecule has 0 bridgehead atoms. The predicted octanol–water partition coefficient (Wildman–Crippen LogP) is 2.47. The summed E-state index contributed by atoms with van der Waals surface area (Å²) in [4.78, 5) is 23.7. The Morgan fingerprint density at radius 1 is 1.12 bits per heavy atom. The minimum Gasteiger partial charge on any atom is -0.489 e. The molecule has 130 valence electrons. The van der Waals surface area contributed by atoms with Crippen LogP contribution in [0.4, 0.5) is 0 Å². The fraction of sp³-hybridized carbons (Fsp3) is 0.300. The number of nitrogens with two attached hydrogens (primary N) is 1. The molecular weight excluding hydrogens is 318 g/mol. The lowest BCUT2D eigenvalue weighted by Gasteiger charge is -2.15. The molecule has 1 fully saturated rings. The van der Waals surface area contributed by atoms with Gasteiger partial charge in [0.1, 0.15) is 12.4 Å². The zero-order valence-corrected chi connectivity index (χ0v) is 14.1. The molecule has 3 rings (SSSR count). The van der Waals surface area contributed by atoms with Crippen LogP contribution < -0.4 is 10.5 Å². The highest BCUT2D eigenvalue weighted by atomic mass is 16.5. The van der Waals surface area contributed by atoms with Gasteiger partial charge in [0.25, 0.3) is 0 Å². The number of primary amides is 1. The summed E-state index contributed by atoms with van der Waals surface area (Å²) >= 11 is 0. The van der Waals surface area contributed by atoms with Crippen LogP contribution in [-0.2, 0) is 27.4 Å². The molecule has 2 N–H and O–H groups in total. The monoisotopic (exact) mass is 339 g/mol. The highest BCUT2D eigenvalue weighted by Gasteiger charge is 2.63. The quantitative estimate of drug-likeness (QED) is 0.786. The first-order chi connectivity index (χ1) is 12.0. The fourth-order valence-electron chi connectivity index (χ4n) is 3.23. The summed E-state index contributed by atoms with van der Waals surface area (Å²) in [5, 5.41) is 0. The molecule has 1 aliphatic rings. The van der Waals surface area contributed by atoms with E-state index in [0.717, 1.165) is 16.9 Å². The number of ether oxygens (including phenoxy) is 2. The normalized spacial score (nSPS) is 21.4. The Morgan fingerprint density at radius 2 is 1.84 bits per heavy atom. The van der Waals surface area contributed by atoms with Crippen molar-refractivity contribution in [1.29, 1.82) is 0 Å². The molecule has 0 aromatic heterocycles. The van der Waals surface area contributed by atoms with Crippen molar-refractivity contribution in [1.82, 2.24) is 0 Å². The SMILES string of the molecule is COC(=O)[C@@]1(Cc2cccc(OCc3ccccc3)c2)C[C@@H]1C(N)=O. The van der Waals surface area contributed by atoms with E-state index in [-0.39, 0.29) is 5.97 Å². The number of carbonyl (C=O) groups is 2. The van der Waals surface area contributed by atoms with Crippen LogP contribution in [0, 0.1) is 11.3 Å². The van der Waals surface area contributed by atoms with Crippen molar-refractivity contribution in [2.24, 2.45) is 17.1 Å². The lowest BCUT2D eigenvalue weighted by molar-refractivity contribution is -0.148. The number of hydrogen-bond acceptors (Lipinski definition) is 4. The second-order valence-corrected chi connectivity index (χ2v) is 6.41. The van der Waals surface area contributed by atoms with Crippen molar-refractivity contribution >= 4 is 11.9 Å². The van der Waals surface area contributed by atoms with Gasteiger partial charge in [0.15, 0.2) is 0 Å². The van der Waals surface area contributed by atoms with E-state index in [9.17, 15) is 9.59 Å². The van der Waals surface area contributed by atoms with Gasteiger partial charge in [-0.3, -0.25) is 9.59 Å². The summed E-state index contributed by atoms with van der Waals surface area (Å²) in [6.07, 6.45) is 0.847. The van der Waals surface area contributed by atoms with Gasteiger partial charge in [-0.2, -0.15) is 0 Å². The van der Waals surface area contributed by atoms with Crippen molar-refractivity contribution in [2.75, 3.05) is 7.11 Å². The molecule has 1 aliphatic carbocycles. The Kier molecular flexibility index (Phi) is 4.74. The summed E-state index contributed by atoms with van der Waals surface area (Å²) in [6.45, 7) is 0.469. The smallest absolute Gasteiger partial charge is 0.312 e. The number of rotatable bonds is 7. The molecular formula is C20H21NO4. The van der Waals surface area contributed by atoms with E-state index in [4.69, 9.17) is 15.2 Å². The Labute approximate surface area is 146 Å². The number of hydrogen-bond donors (Lipinski definition) is 1. The van der Waals surface area contributed by atoms with E-state index in [1.54, 1.807) is 0 Å². The number of methoxy groups -OCH3 is 1. The molecule has 0 aliphatic heterocycles. The predicted molar refractivity (Wildman–Crippen MR) is 92.7 cm³/mol. The van der Waals surface area contributed by atoms with Crippen molar-refractivity contribution < 1.29 is 19.1 Å². The van der Waals surface area contributed by atoms with Crippen molar-refractivity contribution in [3.63, 3.8) is 0 Å². The number of amides is 1. The molecule has 5 heteroatoms. The zero-order chi connectivity index (χ0) is 17.9. The van der Waals surface area contributed by atoms with E-state index >= 15 is 0 Å². The second-order valence-electron chi connectivity index (χ2n) is 6.41. The minimum absolute atomic E-state index is 0.382. The molecule has 2 aromatic rings. The Hall–Kier alpha value is -2.82. The zero-order valence-electron chi connectivity index (χ0n) is 14.1. The van der Waals surface area contributed by atoms with Crippen LogP contribution in [0.25, 0.3) is 0 Å².